The van der Waals surface area contributed by atoms with E-state index in [0.717, 1.165) is 17.7 Å². The van der Waals surface area contributed by atoms with E-state index in [1.807, 2.05) is 13.8 Å². The first-order chi connectivity index (χ1) is 11.6. The topological polar surface area (TPSA) is 56.7 Å². The molecule has 140 valence electrons. The zero-order valence-corrected chi connectivity index (χ0v) is 14.9. The molecule has 1 rings (SSSR count). The van der Waals surface area contributed by atoms with E-state index in [4.69, 9.17) is 0 Å². The van der Waals surface area contributed by atoms with Crippen LogP contribution in [0.2, 0.25) is 0 Å². The minimum atomic E-state index is -4.33. The fraction of sp³-hybridized carbons (Fsp3) is 0.529. The normalized spacial score (nSPS) is 12.2. The number of benzene rings is 1. The van der Waals surface area contributed by atoms with Crippen molar-refractivity contribution in [3.63, 3.8) is 0 Å². The van der Waals surface area contributed by atoms with Crippen LogP contribution < -0.4 is 10.6 Å². The van der Waals surface area contributed by atoms with Crippen molar-refractivity contribution in [1.29, 1.82) is 0 Å². The molecule has 0 heterocycles. The van der Waals surface area contributed by atoms with Crippen LogP contribution in [0, 0.1) is 0 Å². The molecule has 0 aliphatic rings. The summed E-state index contributed by atoms with van der Waals surface area (Å²) in [5, 5.41) is 5.86. The van der Waals surface area contributed by atoms with E-state index in [2.05, 4.69) is 15.6 Å². The first-order valence-corrected chi connectivity index (χ1v) is 8.00. The Balaban J connectivity index is 2.53. The minimum absolute atomic E-state index is 0.0525. The van der Waals surface area contributed by atoms with Crippen LogP contribution in [0.5, 0.6) is 0 Å². The van der Waals surface area contributed by atoms with Crippen LogP contribution in [0.4, 0.5) is 13.2 Å². The Morgan fingerprint density at radius 1 is 1.24 bits per heavy atom. The van der Waals surface area contributed by atoms with Crippen molar-refractivity contribution in [2.24, 2.45) is 4.99 Å². The molecule has 1 aromatic carbocycles. The summed E-state index contributed by atoms with van der Waals surface area (Å²) in [5.74, 6) is 0.514. The van der Waals surface area contributed by atoms with Crippen LogP contribution >= 0.6 is 0 Å². The molecule has 2 N–H and O–H groups in total. The Morgan fingerprint density at radius 3 is 2.32 bits per heavy atom. The fourth-order valence-electron chi connectivity index (χ4n) is 2.21. The maximum Gasteiger partial charge on any atom is 0.416 e. The molecular formula is C17H25F3N4O. The molecule has 0 fully saturated rings. The van der Waals surface area contributed by atoms with Gasteiger partial charge >= 0.3 is 6.18 Å². The van der Waals surface area contributed by atoms with E-state index in [0.29, 0.717) is 25.5 Å². The third-order valence-electron chi connectivity index (χ3n) is 3.36. The summed E-state index contributed by atoms with van der Waals surface area (Å²) in [4.78, 5) is 17.5. The first-order valence-electron chi connectivity index (χ1n) is 8.00. The smallest absolute Gasteiger partial charge is 0.356 e. The number of nitrogens with zero attached hydrogens (tertiary/aromatic N) is 2. The summed E-state index contributed by atoms with van der Waals surface area (Å²) in [5.41, 5.74) is 0.0635. The van der Waals surface area contributed by atoms with Crippen molar-refractivity contribution in [2.75, 3.05) is 20.6 Å². The summed E-state index contributed by atoms with van der Waals surface area (Å²) >= 11 is 0. The van der Waals surface area contributed by atoms with Crippen LogP contribution in [-0.4, -0.2) is 43.4 Å². The van der Waals surface area contributed by atoms with Gasteiger partial charge in [0.1, 0.15) is 0 Å². The number of carbonyl (C=O) groups is 1. The van der Waals surface area contributed by atoms with Crippen LogP contribution in [0.25, 0.3) is 0 Å². The number of hydrogen-bond acceptors (Lipinski definition) is 2. The van der Waals surface area contributed by atoms with Gasteiger partial charge in [0.25, 0.3) is 0 Å². The van der Waals surface area contributed by atoms with E-state index >= 15 is 0 Å². The summed E-state index contributed by atoms with van der Waals surface area (Å²) in [7, 11) is 3.39. The lowest BCUT2D eigenvalue weighted by Gasteiger charge is -2.22. The van der Waals surface area contributed by atoms with Gasteiger partial charge in [-0.15, -0.1) is 0 Å². The fourth-order valence-corrected chi connectivity index (χ4v) is 2.21. The summed E-state index contributed by atoms with van der Waals surface area (Å²) in [6.45, 7) is 4.60. The number of hydrogen-bond donors (Lipinski definition) is 2. The number of halogens is 3. The summed E-state index contributed by atoms with van der Waals surface area (Å²) in [6, 6.07) is 5.12. The molecule has 1 amide bonds. The van der Waals surface area contributed by atoms with E-state index in [9.17, 15) is 18.0 Å². The lowest BCUT2D eigenvalue weighted by molar-refractivity contribution is -0.137. The van der Waals surface area contributed by atoms with Gasteiger partial charge in [-0.1, -0.05) is 12.1 Å². The Labute approximate surface area is 146 Å². The number of nitrogens with one attached hydrogen (secondary N) is 2. The van der Waals surface area contributed by atoms with Gasteiger partial charge in [-0.3, -0.25) is 9.79 Å². The number of carbonyl (C=O) groups excluding carboxylic acids is 1. The Morgan fingerprint density at radius 2 is 1.84 bits per heavy atom. The lowest BCUT2D eigenvalue weighted by atomic mass is 10.1. The molecule has 5 nitrogen and oxygen atoms in total. The van der Waals surface area contributed by atoms with E-state index < -0.39 is 11.7 Å². The number of guanidine groups is 1. The molecule has 1 aromatic rings. The van der Waals surface area contributed by atoms with E-state index in [-0.39, 0.29) is 11.9 Å². The third kappa shape index (κ3) is 7.45. The van der Waals surface area contributed by atoms with Crippen LogP contribution in [0.1, 0.15) is 31.4 Å². The Bertz CT molecular complexity index is 583. The molecule has 0 aliphatic carbocycles. The molecule has 0 aliphatic heterocycles. The Hall–Kier alpha value is -2.25. The molecule has 8 heteroatoms. The number of amides is 1. The van der Waals surface area contributed by atoms with Gasteiger partial charge in [-0.2, -0.15) is 13.2 Å². The number of rotatable bonds is 6. The highest BCUT2D eigenvalue weighted by atomic mass is 19.4. The monoisotopic (exact) mass is 358 g/mol. The lowest BCUT2D eigenvalue weighted by Crippen LogP contribution is -2.40. The largest absolute Gasteiger partial charge is 0.416 e. The first kappa shape index (κ1) is 20.8. The maximum absolute atomic E-state index is 12.6. The number of alkyl halides is 3. The predicted molar refractivity (Wildman–Crippen MR) is 92.2 cm³/mol. The van der Waals surface area contributed by atoms with Crippen molar-refractivity contribution in [3.8, 4) is 0 Å². The SMILES string of the molecule is CN=C(NCCC(=O)NC(C)C)N(C)Cc1ccc(C(F)(F)F)cc1. The third-order valence-corrected chi connectivity index (χ3v) is 3.36. The van der Waals surface area contributed by atoms with Crippen molar-refractivity contribution in [2.45, 2.75) is 39.0 Å². The second-order valence-corrected chi connectivity index (χ2v) is 6.00. The molecular weight excluding hydrogens is 333 g/mol. The zero-order valence-electron chi connectivity index (χ0n) is 14.9. The van der Waals surface area contributed by atoms with Crippen molar-refractivity contribution < 1.29 is 18.0 Å². The van der Waals surface area contributed by atoms with Gasteiger partial charge in [0, 0.05) is 39.6 Å². The Kier molecular flexibility index (Phi) is 7.73. The summed E-state index contributed by atoms with van der Waals surface area (Å²) < 4.78 is 37.7. The molecule has 0 spiro atoms. The van der Waals surface area contributed by atoms with Crippen molar-refractivity contribution in [1.82, 2.24) is 15.5 Å². The minimum Gasteiger partial charge on any atom is -0.356 e. The quantitative estimate of drug-likeness (QED) is 0.607. The molecule has 0 bridgehead atoms. The van der Waals surface area contributed by atoms with E-state index in [1.165, 1.54) is 12.1 Å². The van der Waals surface area contributed by atoms with Crippen LogP contribution in [-0.2, 0) is 17.5 Å². The second kappa shape index (κ2) is 9.29. The highest BCUT2D eigenvalue weighted by Gasteiger charge is 2.29. The average Bonchev–Trinajstić information content (AvgIpc) is 2.50. The molecule has 25 heavy (non-hydrogen) atoms. The van der Waals surface area contributed by atoms with Gasteiger partial charge in [-0.05, 0) is 31.5 Å². The number of aliphatic imine (C=N–C) groups is 1. The molecule has 0 saturated heterocycles. The van der Waals surface area contributed by atoms with Gasteiger partial charge in [0.05, 0.1) is 5.56 Å². The molecule has 0 unspecified atom stereocenters. The molecule has 0 radical (unpaired) electrons. The molecule has 0 saturated carbocycles. The molecule has 0 aromatic heterocycles. The van der Waals surface area contributed by atoms with E-state index in [1.54, 1.807) is 19.0 Å². The van der Waals surface area contributed by atoms with Gasteiger partial charge in [0.15, 0.2) is 5.96 Å². The standard InChI is InChI=1S/C17H25F3N4O/c1-12(2)23-15(25)9-10-22-16(21-3)24(4)11-13-5-7-14(8-6-13)17(18,19)20/h5-8,12H,9-11H2,1-4H3,(H,21,22)(H,23,25). The average molecular weight is 358 g/mol. The van der Waals surface area contributed by atoms with Gasteiger partial charge in [-0.25, -0.2) is 0 Å². The van der Waals surface area contributed by atoms with Crippen molar-refractivity contribution in [3.05, 3.63) is 35.4 Å². The van der Waals surface area contributed by atoms with Gasteiger partial charge < -0.3 is 15.5 Å². The van der Waals surface area contributed by atoms with Crippen LogP contribution in [0.3, 0.4) is 0 Å². The second-order valence-electron chi connectivity index (χ2n) is 6.00. The maximum atomic E-state index is 12.6. The van der Waals surface area contributed by atoms with Crippen molar-refractivity contribution >= 4 is 11.9 Å². The zero-order chi connectivity index (χ0) is 19.0. The summed E-state index contributed by atoms with van der Waals surface area (Å²) in [6.07, 6.45) is -4.02. The van der Waals surface area contributed by atoms with Crippen LogP contribution in [0.15, 0.2) is 29.3 Å². The molecule has 0 atom stereocenters. The van der Waals surface area contributed by atoms with Gasteiger partial charge in [0.2, 0.25) is 5.91 Å². The highest BCUT2D eigenvalue weighted by Crippen LogP contribution is 2.29. The predicted octanol–water partition coefficient (Wildman–Crippen LogP) is 2.63. The highest BCUT2D eigenvalue weighted by molar-refractivity contribution is 5.81.